The summed E-state index contributed by atoms with van der Waals surface area (Å²) in [5, 5.41) is 2.89. The van der Waals surface area contributed by atoms with Crippen molar-refractivity contribution in [3.8, 4) is 0 Å². The summed E-state index contributed by atoms with van der Waals surface area (Å²) in [5.74, 6) is -0.202. The van der Waals surface area contributed by atoms with E-state index in [1.54, 1.807) is 30.0 Å². The molecular formula is C18H20N2O3S2. The third kappa shape index (κ3) is 3.67. The topological polar surface area (TPSA) is 66.5 Å². The number of benzene rings is 2. The highest BCUT2D eigenvalue weighted by molar-refractivity contribution is 7.98. The zero-order valence-corrected chi connectivity index (χ0v) is 15.9. The van der Waals surface area contributed by atoms with E-state index in [4.69, 9.17) is 0 Å². The van der Waals surface area contributed by atoms with Crippen LogP contribution in [0.4, 0.5) is 11.4 Å². The Balaban J connectivity index is 1.85. The first kappa shape index (κ1) is 17.8. The molecule has 1 N–H and O–H groups in total. The molecule has 0 aliphatic carbocycles. The van der Waals surface area contributed by atoms with E-state index in [1.165, 1.54) is 10.6 Å². The summed E-state index contributed by atoms with van der Waals surface area (Å²) in [4.78, 5) is 13.6. The molecule has 0 aromatic heterocycles. The Hall–Kier alpha value is -1.99. The fourth-order valence-corrected chi connectivity index (χ4v) is 4.88. The highest BCUT2D eigenvalue weighted by Crippen LogP contribution is 2.34. The fraction of sp³-hybridized carbons (Fsp3) is 0.278. The molecule has 0 bridgehead atoms. The lowest BCUT2D eigenvalue weighted by Crippen LogP contribution is -2.34. The van der Waals surface area contributed by atoms with E-state index in [9.17, 15) is 13.2 Å². The molecule has 25 heavy (non-hydrogen) atoms. The zero-order valence-electron chi connectivity index (χ0n) is 14.3. The molecule has 0 fully saturated rings. The number of nitrogens with one attached hydrogen (secondary N) is 1. The highest BCUT2D eigenvalue weighted by atomic mass is 32.2. The number of hydrogen-bond acceptors (Lipinski definition) is 4. The number of thioether (sulfide) groups is 1. The van der Waals surface area contributed by atoms with Crippen molar-refractivity contribution in [3.63, 3.8) is 0 Å². The third-order valence-electron chi connectivity index (χ3n) is 4.18. The molecule has 1 atom stereocenters. The van der Waals surface area contributed by atoms with Crippen LogP contribution in [0.25, 0.3) is 0 Å². The van der Waals surface area contributed by atoms with Crippen molar-refractivity contribution in [2.24, 2.45) is 0 Å². The van der Waals surface area contributed by atoms with Gasteiger partial charge in [0.1, 0.15) is 0 Å². The van der Waals surface area contributed by atoms with Gasteiger partial charge in [-0.3, -0.25) is 9.10 Å². The van der Waals surface area contributed by atoms with Crippen LogP contribution in [0.5, 0.6) is 0 Å². The summed E-state index contributed by atoms with van der Waals surface area (Å²) in [5.41, 5.74) is 2.80. The third-order valence-corrected chi connectivity index (χ3v) is 6.18. The molecule has 1 amide bonds. The van der Waals surface area contributed by atoms with Gasteiger partial charge < -0.3 is 5.32 Å². The molecule has 1 aliphatic rings. The SMILES string of the molecule is CSc1cccc(NC(=O)c2ccc3c(c2)C[C@@H](C)N3S(C)(=O)=O)c1. The molecule has 0 unspecified atom stereocenters. The van der Waals surface area contributed by atoms with Crippen LogP contribution in [-0.2, 0) is 16.4 Å². The molecule has 0 spiro atoms. The minimum Gasteiger partial charge on any atom is -0.322 e. The molecule has 7 heteroatoms. The Labute approximate surface area is 152 Å². The van der Waals surface area contributed by atoms with Gasteiger partial charge in [0, 0.05) is 22.2 Å². The largest absolute Gasteiger partial charge is 0.322 e. The van der Waals surface area contributed by atoms with Crippen LogP contribution in [0.15, 0.2) is 47.4 Å². The molecule has 0 saturated carbocycles. The molecule has 3 rings (SSSR count). The summed E-state index contributed by atoms with van der Waals surface area (Å²) in [6.45, 7) is 1.87. The van der Waals surface area contributed by atoms with Crippen LogP contribution >= 0.6 is 11.8 Å². The van der Waals surface area contributed by atoms with Crippen LogP contribution in [0.1, 0.15) is 22.8 Å². The highest BCUT2D eigenvalue weighted by Gasteiger charge is 2.32. The maximum absolute atomic E-state index is 12.5. The molecule has 2 aromatic rings. The summed E-state index contributed by atoms with van der Waals surface area (Å²) >= 11 is 1.61. The standard InChI is InChI=1S/C18H20N2O3S2/c1-12-9-14-10-13(7-8-17(14)20(12)25(3,22)23)18(21)19-15-5-4-6-16(11-15)24-2/h4-8,10-12H,9H2,1-3H3,(H,19,21)/t12-/m1/s1. The van der Waals surface area contributed by atoms with Crippen molar-refractivity contribution in [2.45, 2.75) is 24.3 Å². The molecule has 0 radical (unpaired) electrons. The van der Waals surface area contributed by atoms with Crippen LogP contribution in [0.2, 0.25) is 0 Å². The summed E-state index contributed by atoms with van der Waals surface area (Å²) < 4.78 is 25.4. The van der Waals surface area contributed by atoms with Gasteiger partial charge in [0.25, 0.3) is 5.91 Å². The van der Waals surface area contributed by atoms with Crippen molar-refractivity contribution in [1.29, 1.82) is 0 Å². The Morgan fingerprint density at radius 2 is 2.00 bits per heavy atom. The van der Waals surface area contributed by atoms with Gasteiger partial charge in [-0.05, 0) is 61.6 Å². The number of hydrogen-bond donors (Lipinski definition) is 1. The summed E-state index contributed by atoms with van der Waals surface area (Å²) in [6, 6.07) is 12.7. The first-order valence-electron chi connectivity index (χ1n) is 7.87. The lowest BCUT2D eigenvalue weighted by Gasteiger charge is -2.21. The van der Waals surface area contributed by atoms with Gasteiger partial charge in [-0.1, -0.05) is 6.07 Å². The Kier molecular flexibility index (Phi) is 4.79. The molecule has 1 heterocycles. The normalized spacial score (nSPS) is 16.6. The number of fused-ring (bicyclic) bond motifs is 1. The molecule has 2 aromatic carbocycles. The quantitative estimate of drug-likeness (QED) is 0.831. The molecule has 0 saturated heterocycles. The van der Waals surface area contributed by atoms with Crippen LogP contribution in [-0.4, -0.2) is 32.9 Å². The Bertz CT molecular complexity index is 926. The van der Waals surface area contributed by atoms with Gasteiger partial charge in [0.05, 0.1) is 11.9 Å². The van der Waals surface area contributed by atoms with Crippen LogP contribution < -0.4 is 9.62 Å². The van der Waals surface area contributed by atoms with E-state index in [2.05, 4.69) is 5.32 Å². The average molecular weight is 377 g/mol. The average Bonchev–Trinajstić information content (AvgIpc) is 2.89. The van der Waals surface area contributed by atoms with Gasteiger partial charge >= 0.3 is 0 Å². The molecule has 5 nitrogen and oxygen atoms in total. The smallest absolute Gasteiger partial charge is 0.255 e. The first-order chi connectivity index (χ1) is 11.8. The second kappa shape index (κ2) is 6.72. The van der Waals surface area contributed by atoms with Crippen LogP contribution in [0.3, 0.4) is 0 Å². The zero-order chi connectivity index (χ0) is 18.2. The van der Waals surface area contributed by atoms with Crippen molar-refractivity contribution in [1.82, 2.24) is 0 Å². The van der Waals surface area contributed by atoms with E-state index in [1.807, 2.05) is 37.4 Å². The van der Waals surface area contributed by atoms with Gasteiger partial charge in [-0.15, -0.1) is 11.8 Å². The minimum atomic E-state index is -3.32. The number of anilines is 2. The summed E-state index contributed by atoms with van der Waals surface area (Å²) in [6.07, 6.45) is 3.79. The van der Waals surface area contributed by atoms with Gasteiger partial charge in [0.2, 0.25) is 10.0 Å². The number of sulfonamides is 1. The first-order valence-corrected chi connectivity index (χ1v) is 10.9. The number of amides is 1. The van der Waals surface area contributed by atoms with E-state index in [0.717, 1.165) is 16.1 Å². The van der Waals surface area contributed by atoms with E-state index in [-0.39, 0.29) is 11.9 Å². The van der Waals surface area contributed by atoms with Gasteiger partial charge in [-0.25, -0.2) is 8.42 Å². The number of carbonyl (C=O) groups excluding carboxylic acids is 1. The Morgan fingerprint density at radius 1 is 1.24 bits per heavy atom. The van der Waals surface area contributed by atoms with Gasteiger partial charge in [0.15, 0.2) is 0 Å². The van der Waals surface area contributed by atoms with Crippen molar-refractivity contribution in [2.75, 3.05) is 22.1 Å². The number of nitrogens with zero attached hydrogens (tertiary/aromatic N) is 1. The molecule has 1 aliphatic heterocycles. The number of rotatable bonds is 4. The van der Waals surface area contributed by atoms with E-state index >= 15 is 0 Å². The maximum Gasteiger partial charge on any atom is 0.255 e. The lowest BCUT2D eigenvalue weighted by atomic mass is 10.1. The predicted octanol–water partition coefficient (Wildman–Crippen LogP) is 3.37. The fourth-order valence-electron chi connectivity index (χ4n) is 3.15. The van der Waals surface area contributed by atoms with E-state index < -0.39 is 10.0 Å². The Morgan fingerprint density at radius 3 is 2.68 bits per heavy atom. The van der Waals surface area contributed by atoms with Crippen molar-refractivity contribution < 1.29 is 13.2 Å². The minimum absolute atomic E-state index is 0.137. The maximum atomic E-state index is 12.5. The number of carbonyl (C=O) groups is 1. The van der Waals surface area contributed by atoms with Crippen molar-refractivity contribution in [3.05, 3.63) is 53.6 Å². The van der Waals surface area contributed by atoms with Gasteiger partial charge in [-0.2, -0.15) is 0 Å². The second-order valence-corrected chi connectivity index (χ2v) is 8.88. The lowest BCUT2D eigenvalue weighted by molar-refractivity contribution is 0.102. The molecule has 132 valence electrons. The van der Waals surface area contributed by atoms with E-state index in [0.29, 0.717) is 17.7 Å². The van der Waals surface area contributed by atoms with Crippen molar-refractivity contribution >= 4 is 39.1 Å². The molecular weight excluding hydrogens is 356 g/mol. The summed E-state index contributed by atoms with van der Waals surface area (Å²) in [7, 11) is -3.32. The monoisotopic (exact) mass is 376 g/mol. The predicted molar refractivity (Wildman–Crippen MR) is 103 cm³/mol. The van der Waals surface area contributed by atoms with Crippen LogP contribution in [0, 0.1) is 0 Å². The second-order valence-electron chi connectivity index (χ2n) is 6.14.